The smallest absolute Gasteiger partial charge is 0.290 e. The topological polar surface area (TPSA) is 80.6 Å². The van der Waals surface area contributed by atoms with Crippen molar-refractivity contribution in [2.45, 2.75) is 39.0 Å². The lowest BCUT2D eigenvalue weighted by Gasteiger charge is -2.21. The van der Waals surface area contributed by atoms with E-state index in [1.54, 1.807) is 31.3 Å². The standard InChI is InChI=1S/C17H23N3O4/c1-10-11(2)19-16(18-10)14-7-13(23-4)8-20(14)17(21)15-6-5-12(24-15)9-22-3/h5-6,13-14H,7-9H2,1-4H3,(H,18,19)/t13-,14+/m1/s1. The number of hydrogen-bond donors (Lipinski definition) is 1. The van der Waals surface area contributed by atoms with E-state index in [0.29, 0.717) is 31.1 Å². The van der Waals surface area contributed by atoms with Crippen LogP contribution >= 0.6 is 0 Å². The van der Waals surface area contributed by atoms with Gasteiger partial charge in [-0.3, -0.25) is 4.79 Å². The molecular formula is C17H23N3O4. The number of H-pyrrole nitrogens is 1. The zero-order valence-corrected chi connectivity index (χ0v) is 14.5. The van der Waals surface area contributed by atoms with Gasteiger partial charge in [0.1, 0.15) is 18.2 Å². The lowest BCUT2D eigenvalue weighted by molar-refractivity contribution is 0.0647. The number of nitrogens with zero attached hydrogens (tertiary/aromatic N) is 2. The van der Waals surface area contributed by atoms with Crippen LogP contribution in [0.2, 0.25) is 0 Å². The Morgan fingerprint density at radius 3 is 2.83 bits per heavy atom. The van der Waals surface area contributed by atoms with Crippen LogP contribution in [0.3, 0.4) is 0 Å². The van der Waals surface area contributed by atoms with Crippen LogP contribution in [-0.2, 0) is 16.1 Å². The third-order valence-electron chi connectivity index (χ3n) is 4.48. The first kappa shape index (κ1) is 16.7. The molecule has 0 saturated carbocycles. The number of furan rings is 1. The zero-order valence-electron chi connectivity index (χ0n) is 14.5. The highest BCUT2D eigenvalue weighted by Gasteiger charge is 2.39. The zero-order chi connectivity index (χ0) is 17.3. The molecule has 0 aromatic carbocycles. The fraction of sp³-hybridized carbons (Fsp3) is 0.529. The predicted molar refractivity (Wildman–Crippen MR) is 86.7 cm³/mol. The summed E-state index contributed by atoms with van der Waals surface area (Å²) in [6, 6.07) is 3.30. The molecule has 1 amide bonds. The molecule has 1 aliphatic heterocycles. The Morgan fingerprint density at radius 2 is 2.21 bits per heavy atom. The molecule has 2 atom stereocenters. The summed E-state index contributed by atoms with van der Waals surface area (Å²) in [5.41, 5.74) is 1.96. The third kappa shape index (κ3) is 3.09. The minimum absolute atomic E-state index is 0.0157. The van der Waals surface area contributed by atoms with Crippen molar-refractivity contribution >= 4 is 5.91 Å². The maximum absolute atomic E-state index is 12.9. The maximum atomic E-state index is 12.9. The van der Waals surface area contributed by atoms with Crippen LogP contribution in [0.15, 0.2) is 16.5 Å². The van der Waals surface area contributed by atoms with Crippen molar-refractivity contribution in [1.29, 1.82) is 0 Å². The largest absolute Gasteiger partial charge is 0.453 e. The van der Waals surface area contributed by atoms with E-state index in [1.165, 1.54) is 0 Å². The van der Waals surface area contributed by atoms with Crippen LogP contribution < -0.4 is 0 Å². The number of carbonyl (C=O) groups is 1. The summed E-state index contributed by atoms with van der Waals surface area (Å²) in [4.78, 5) is 22.5. The number of imidazole rings is 1. The Morgan fingerprint density at radius 1 is 1.42 bits per heavy atom. The SMILES string of the molecule is COCc1ccc(C(=O)N2C[C@H](OC)C[C@H]2c2nc(C)c(C)[nH]2)o1. The van der Waals surface area contributed by atoms with E-state index in [1.807, 2.05) is 13.8 Å². The Bertz CT molecular complexity index is 702. The number of aromatic nitrogens is 2. The number of ether oxygens (including phenoxy) is 2. The molecule has 1 fully saturated rings. The number of likely N-dealkylation sites (tertiary alicyclic amines) is 1. The van der Waals surface area contributed by atoms with Gasteiger partial charge in [-0.05, 0) is 26.0 Å². The van der Waals surface area contributed by atoms with Crippen LogP contribution in [0, 0.1) is 13.8 Å². The van der Waals surface area contributed by atoms with E-state index in [4.69, 9.17) is 13.9 Å². The van der Waals surface area contributed by atoms with Crippen molar-refractivity contribution < 1.29 is 18.7 Å². The summed E-state index contributed by atoms with van der Waals surface area (Å²) in [5.74, 6) is 1.57. The summed E-state index contributed by atoms with van der Waals surface area (Å²) >= 11 is 0. The molecule has 3 rings (SSSR count). The fourth-order valence-electron chi connectivity index (χ4n) is 3.04. The van der Waals surface area contributed by atoms with Gasteiger partial charge >= 0.3 is 0 Å². The van der Waals surface area contributed by atoms with Crippen LogP contribution in [0.25, 0.3) is 0 Å². The second-order valence-corrected chi connectivity index (χ2v) is 6.10. The van der Waals surface area contributed by atoms with Crippen molar-refractivity contribution in [3.05, 3.63) is 40.9 Å². The lowest BCUT2D eigenvalue weighted by atomic mass is 10.2. The van der Waals surface area contributed by atoms with E-state index in [9.17, 15) is 4.79 Å². The maximum Gasteiger partial charge on any atom is 0.290 e. The molecule has 2 aromatic heterocycles. The molecule has 1 saturated heterocycles. The van der Waals surface area contributed by atoms with Gasteiger partial charge in [0.15, 0.2) is 5.76 Å². The van der Waals surface area contributed by atoms with Crippen LogP contribution in [-0.4, -0.2) is 47.6 Å². The van der Waals surface area contributed by atoms with Gasteiger partial charge in [-0.1, -0.05) is 0 Å². The van der Waals surface area contributed by atoms with Crippen molar-refractivity contribution in [3.63, 3.8) is 0 Å². The van der Waals surface area contributed by atoms with Gasteiger partial charge in [0.2, 0.25) is 0 Å². The fourth-order valence-corrected chi connectivity index (χ4v) is 3.04. The van der Waals surface area contributed by atoms with Gasteiger partial charge in [-0.2, -0.15) is 0 Å². The van der Waals surface area contributed by atoms with Gasteiger partial charge in [0.25, 0.3) is 5.91 Å². The molecule has 130 valence electrons. The molecule has 7 heteroatoms. The highest BCUT2D eigenvalue weighted by Crippen LogP contribution is 2.33. The first-order chi connectivity index (χ1) is 11.5. The number of rotatable bonds is 5. The highest BCUT2D eigenvalue weighted by atomic mass is 16.5. The molecular weight excluding hydrogens is 310 g/mol. The third-order valence-corrected chi connectivity index (χ3v) is 4.48. The highest BCUT2D eigenvalue weighted by molar-refractivity contribution is 5.92. The second-order valence-electron chi connectivity index (χ2n) is 6.10. The minimum Gasteiger partial charge on any atom is -0.453 e. The van der Waals surface area contributed by atoms with Gasteiger partial charge in [-0.25, -0.2) is 4.98 Å². The summed E-state index contributed by atoms with van der Waals surface area (Å²) in [7, 11) is 3.25. The van der Waals surface area contributed by atoms with Crippen molar-refractivity contribution in [2.24, 2.45) is 0 Å². The second kappa shape index (κ2) is 6.78. The summed E-state index contributed by atoms with van der Waals surface area (Å²) in [6.07, 6.45) is 0.693. The molecule has 24 heavy (non-hydrogen) atoms. The molecule has 0 unspecified atom stereocenters. The number of aryl methyl sites for hydroxylation is 2. The molecule has 7 nitrogen and oxygen atoms in total. The van der Waals surface area contributed by atoms with Crippen molar-refractivity contribution in [2.75, 3.05) is 20.8 Å². The lowest BCUT2D eigenvalue weighted by Crippen LogP contribution is -2.32. The number of aromatic amines is 1. The molecule has 0 bridgehead atoms. The summed E-state index contributed by atoms with van der Waals surface area (Å²) in [6.45, 7) is 4.78. The van der Waals surface area contributed by atoms with Crippen LogP contribution in [0.5, 0.6) is 0 Å². The minimum atomic E-state index is -0.159. The Kier molecular flexibility index (Phi) is 4.73. The molecule has 1 aliphatic rings. The van der Waals surface area contributed by atoms with E-state index in [2.05, 4.69) is 9.97 Å². The molecule has 0 radical (unpaired) electrons. The first-order valence-electron chi connectivity index (χ1n) is 7.98. The molecule has 0 aliphatic carbocycles. The van der Waals surface area contributed by atoms with E-state index >= 15 is 0 Å². The van der Waals surface area contributed by atoms with Crippen molar-refractivity contribution in [1.82, 2.24) is 14.9 Å². The predicted octanol–water partition coefficient (Wildman–Crippen LogP) is 2.37. The Balaban J connectivity index is 1.86. The quantitative estimate of drug-likeness (QED) is 0.908. The number of amides is 1. The van der Waals surface area contributed by atoms with E-state index < -0.39 is 0 Å². The molecule has 3 heterocycles. The summed E-state index contributed by atoms with van der Waals surface area (Å²) in [5, 5.41) is 0. The number of hydrogen-bond acceptors (Lipinski definition) is 5. The average molecular weight is 333 g/mol. The van der Waals surface area contributed by atoms with Crippen molar-refractivity contribution in [3.8, 4) is 0 Å². The van der Waals surface area contributed by atoms with Crippen LogP contribution in [0.4, 0.5) is 0 Å². The van der Waals surface area contributed by atoms with E-state index in [-0.39, 0.29) is 18.1 Å². The molecule has 1 N–H and O–H groups in total. The monoisotopic (exact) mass is 333 g/mol. The van der Waals surface area contributed by atoms with Crippen LogP contribution in [0.1, 0.15) is 46.0 Å². The Labute approximate surface area is 141 Å². The average Bonchev–Trinajstić information content (AvgIpc) is 3.26. The van der Waals surface area contributed by atoms with Gasteiger partial charge in [0, 0.05) is 32.9 Å². The molecule has 0 spiro atoms. The Hall–Kier alpha value is -2.12. The van der Waals surface area contributed by atoms with E-state index in [0.717, 1.165) is 17.2 Å². The number of methoxy groups -OCH3 is 2. The first-order valence-corrected chi connectivity index (χ1v) is 7.98. The van der Waals surface area contributed by atoms with Gasteiger partial charge < -0.3 is 23.8 Å². The summed E-state index contributed by atoms with van der Waals surface area (Å²) < 4.78 is 16.1. The number of nitrogens with one attached hydrogen (secondary N) is 1. The normalized spacial score (nSPS) is 20.8. The molecule has 2 aromatic rings. The number of carbonyl (C=O) groups excluding carboxylic acids is 1. The van der Waals surface area contributed by atoms with Gasteiger partial charge in [0.05, 0.1) is 17.8 Å². The van der Waals surface area contributed by atoms with Gasteiger partial charge in [-0.15, -0.1) is 0 Å².